The fourth-order valence-corrected chi connectivity index (χ4v) is 1.68. The molecular weight excluding hydrogens is 266 g/mol. The highest BCUT2D eigenvalue weighted by Gasteiger charge is 2.17. The van der Waals surface area contributed by atoms with Crippen LogP contribution in [-0.2, 0) is 20.9 Å². The normalized spacial score (nSPS) is 10.3. The maximum atomic E-state index is 11.4. The molecule has 1 heterocycles. The molecule has 0 aliphatic rings. The summed E-state index contributed by atoms with van der Waals surface area (Å²) < 4.78 is 6.34. The zero-order valence-corrected chi connectivity index (χ0v) is 11.5. The molecule has 1 aromatic heterocycles. The summed E-state index contributed by atoms with van der Waals surface area (Å²) in [5.41, 5.74) is 0. The maximum Gasteiger partial charge on any atom is 0.342 e. The number of carbonyl (C=O) groups excluding carboxylic acids is 2. The Labute approximate surface area is 115 Å². The van der Waals surface area contributed by atoms with Gasteiger partial charge in [-0.1, -0.05) is 0 Å². The summed E-state index contributed by atoms with van der Waals surface area (Å²) >= 11 is 0. The second-order valence-corrected chi connectivity index (χ2v) is 4.35. The van der Waals surface area contributed by atoms with E-state index in [0.29, 0.717) is 18.7 Å². The van der Waals surface area contributed by atoms with Crippen molar-refractivity contribution in [1.82, 2.24) is 9.55 Å². The van der Waals surface area contributed by atoms with Crippen molar-refractivity contribution in [2.75, 3.05) is 6.61 Å². The lowest BCUT2D eigenvalue weighted by molar-refractivity contribution is -0.392. The molecule has 0 aliphatic heterocycles. The topological polar surface area (TPSA) is 104 Å². The molecule has 0 bridgehead atoms. The van der Waals surface area contributed by atoms with Gasteiger partial charge in [0.15, 0.2) is 5.82 Å². The molecule has 1 aromatic rings. The largest absolute Gasteiger partial charge is 0.461 e. The first kappa shape index (κ1) is 15.8. The van der Waals surface area contributed by atoms with Gasteiger partial charge in [-0.2, -0.15) is 0 Å². The van der Waals surface area contributed by atoms with Crippen LogP contribution in [0.25, 0.3) is 0 Å². The Kier molecular flexibility index (Phi) is 5.82. The fourth-order valence-electron chi connectivity index (χ4n) is 1.68. The van der Waals surface area contributed by atoms with Crippen molar-refractivity contribution >= 4 is 17.6 Å². The number of aryl methyl sites for hydroxylation is 1. The van der Waals surface area contributed by atoms with Crippen LogP contribution in [0.3, 0.4) is 0 Å². The molecule has 0 saturated heterocycles. The van der Waals surface area contributed by atoms with E-state index in [1.54, 1.807) is 6.92 Å². The van der Waals surface area contributed by atoms with Gasteiger partial charge in [0.05, 0.1) is 0 Å². The lowest BCUT2D eigenvalue weighted by atomic mass is 10.2. The van der Waals surface area contributed by atoms with Gasteiger partial charge in [0, 0.05) is 19.8 Å². The molecule has 0 N–H and O–H groups in total. The molecule has 0 unspecified atom stereocenters. The third kappa shape index (κ3) is 4.79. The van der Waals surface area contributed by atoms with Crippen molar-refractivity contribution in [2.24, 2.45) is 0 Å². The number of esters is 1. The average Bonchev–Trinajstić information content (AvgIpc) is 2.71. The van der Waals surface area contributed by atoms with Gasteiger partial charge in [-0.25, -0.2) is 9.55 Å². The Morgan fingerprint density at radius 2 is 2.15 bits per heavy atom. The molecule has 1 rings (SSSR count). The first-order valence-electron chi connectivity index (χ1n) is 6.23. The van der Waals surface area contributed by atoms with E-state index in [1.807, 2.05) is 0 Å². The van der Waals surface area contributed by atoms with Crippen LogP contribution in [-0.4, -0.2) is 32.8 Å². The van der Waals surface area contributed by atoms with Gasteiger partial charge in [0.2, 0.25) is 0 Å². The van der Waals surface area contributed by atoms with Gasteiger partial charge in [0.25, 0.3) is 0 Å². The van der Waals surface area contributed by atoms with E-state index in [2.05, 4.69) is 4.98 Å². The second-order valence-electron chi connectivity index (χ2n) is 4.35. The van der Waals surface area contributed by atoms with Crippen LogP contribution in [0.15, 0.2) is 6.20 Å². The number of hydrogen-bond acceptors (Lipinski definition) is 6. The monoisotopic (exact) mass is 283 g/mol. The van der Waals surface area contributed by atoms with E-state index in [9.17, 15) is 19.7 Å². The van der Waals surface area contributed by atoms with E-state index in [-0.39, 0.29) is 31.2 Å². The molecule has 0 fully saturated rings. The van der Waals surface area contributed by atoms with Crippen molar-refractivity contribution < 1.29 is 19.2 Å². The summed E-state index contributed by atoms with van der Waals surface area (Å²) in [6.45, 7) is 3.32. The lowest BCUT2D eigenvalue weighted by Crippen LogP contribution is -2.13. The standard InChI is InChI=1S/C12H17N3O5/c1-9(16)4-3-5-12(17)20-7-6-14-10(2)13-8-11(14)15(18)19/h8H,3-7H2,1-2H3. The molecule has 8 nitrogen and oxygen atoms in total. The Morgan fingerprint density at radius 3 is 2.75 bits per heavy atom. The fraction of sp³-hybridized carbons (Fsp3) is 0.583. The van der Waals surface area contributed by atoms with E-state index >= 15 is 0 Å². The van der Waals surface area contributed by atoms with Gasteiger partial charge < -0.3 is 19.6 Å². The van der Waals surface area contributed by atoms with Gasteiger partial charge in [0.1, 0.15) is 25.1 Å². The summed E-state index contributed by atoms with van der Waals surface area (Å²) in [4.78, 5) is 36.1. The minimum absolute atomic E-state index is 0.0301. The Morgan fingerprint density at radius 1 is 1.45 bits per heavy atom. The molecule has 110 valence electrons. The summed E-state index contributed by atoms with van der Waals surface area (Å²) in [5, 5.41) is 10.7. The van der Waals surface area contributed by atoms with Crippen molar-refractivity contribution in [3.05, 3.63) is 22.1 Å². The van der Waals surface area contributed by atoms with Crippen LogP contribution in [0.5, 0.6) is 0 Å². The Balaban J connectivity index is 2.37. The maximum absolute atomic E-state index is 11.4. The van der Waals surface area contributed by atoms with Crippen LogP contribution in [0, 0.1) is 17.0 Å². The molecule has 0 amide bonds. The van der Waals surface area contributed by atoms with Crippen LogP contribution in [0.1, 0.15) is 32.0 Å². The van der Waals surface area contributed by atoms with E-state index < -0.39 is 10.9 Å². The molecule has 0 spiro atoms. The minimum Gasteiger partial charge on any atom is -0.461 e. The van der Waals surface area contributed by atoms with Gasteiger partial charge >= 0.3 is 11.8 Å². The number of nitro groups is 1. The highest BCUT2D eigenvalue weighted by atomic mass is 16.6. The first-order valence-corrected chi connectivity index (χ1v) is 6.23. The number of rotatable bonds is 8. The zero-order valence-electron chi connectivity index (χ0n) is 11.5. The van der Waals surface area contributed by atoms with Crippen LogP contribution in [0.4, 0.5) is 5.82 Å². The minimum atomic E-state index is -0.533. The van der Waals surface area contributed by atoms with Gasteiger partial charge in [-0.3, -0.25) is 4.79 Å². The van der Waals surface area contributed by atoms with Crippen molar-refractivity contribution in [1.29, 1.82) is 0 Å². The molecule has 0 aliphatic carbocycles. The molecule has 8 heteroatoms. The highest BCUT2D eigenvalue weighted by molar-refractivity contribution is 5.76. The van der Waals surface area contributed by atoms with Gasteiger partial charge in [-0.15, -0.1) is 0 Å². The van der Waals surface area contributed by atoms with Crippen LogP contribution < -0.4 is 0 Å². The molecule has 0 saturated carbocycles. The van der Waals surface area contributed by atoms with E-state index in [0.717, 1.165) is 0 Å². The molecular formula is C12H17N3O5. The summed E-state index contributed by atoms with van der Waals surface area (Å²) in [5.74, 6) is -0.0198. The van der Waals surface area contributed by atoms with Crippen molar-refractivity contribution in [3.63, 3.8) is 0 Å². The zero-order chi connectivity index (χ0) is 15.1. The summed E-state index contributed by atoms with van der Waals surface area (Å²) in [7, 11) is 0. The van der Waals surface area contributed by atoms with E-state index in [1.165, 1.54) is 17.7 Å². The predicted octanol–water partition coefficient (Wildman–Crippen LogP) is 1.40. The SMILES string of the molecule is CC(=O)CCCC(=O)OCCn1c([N+](=O)[O-])cnc1C. The average molecular weight is 283 g/mol. The number of imidazole rings is 1. The van der Waals surface area contributed by atoms with E-state index in [4.69, 9.17) is 4.74 Å². The van der Waals surface area contributed by atoms with Crippen molar-refractivity contribution in [3.8, 4) is 0 Å². The van der Waals surface area contributed by atoms with Gasteiger partial charge in [-0.05, 0) is 18.3 Å². The number of aromatic nitrogens is 2. The van der Waals surface area contributed by atoms with Crippen LogP contribution in [0.2, 0.25) is 0 Å². The molecule has 0 aromatic carbocycles. The third-order valence-electron chi connectivity index (χ3n) is 2.71. The number of nitrogens with zero attached hydrogens (tertiary/aromatic N) is 3. The number of hydrogen-bond donors (Lipinski definition) is 0. The highest BCUT2D eigenvalue weighted by Crippen LogP contribution is 2.13. The smallest absolute Gasteiger partial charge is 0.342 e. The lowest BCUT2D eigenvalue weighted by Gasteiger charge is -2.05. The molecule has 0 atom stereocenters. The summed E-state index contributed by atoms with van der Waals surface area (Å²) in [6.07, 6.45) is 2.15. The molecule has 20 heavy (non-hydrogen) atoms. The number of carbonyl (C=O) groups is 2. The second kappa shape index (κ2) is 7.37. The first-order chi connectivity index (χ1) is 9.41. The van der Waals surface area contributed by atoms with Crippen molar-refractivity contribution in [2.45, 2.75) is 39.7 Å². The molecule has 0 radical (unpaired) electrons. The number of ketones is 1. The predicted molar refractivity (Wildman–Crippen MR) is 69.1 cm³/mol. The summed E-state index contributed by atoms with van der Waals surface area (Å²) in [6, 6.07) is 0. The van der Waals surface area contributed by atoms with Crippen LogP contribution >= 0.6 is 0 Å². The third-order valence-corrected chi connectivity index (χ3v) is 2.71. The number of Topliss-reactive ketones (excluding diaryl/α,β-unsaturated/α-hetero) is 1. The Bertz CT molecular complexity index is 509. The Hall–Kier alpha value is -2.25. The number of ether oxygens (including phenoxy) is 1. The quantitative estimate of drug-likeness (QED) is 0.405.